The van der Waals surface area contributed by atoms with Crippen LogP contribution in [0.25, 0.3) is 0 Å². The van der Waals surface area contributed by atoms with E-state index in [1.165, 1.54) is 12.1 Å². The van der Waals surface area contributed by atoms with Crippen LogP contribution in [-0.2, 0) is 4.74 Å². The second-order valence-electron chi connectivity index (χ2n) is 5.00. The van der Waals surface area contributed by atoms with Gasteiger partial charge < -0.3 is 15.4 Å². The molecule has 1 amide bonds. The Labute approximate surface area is 124 Å². The summed E-state index contributed by atoms with van der Waals surface area (Å²) in [6, 6.07) is 4.48. The van der Waals surface area contributed by atoms with E-state index in [2.05, 4.69) is 0 Å². The minimum atomic E-state index is -0.478. The van der Waals surface area contributed by atoms with Crippen molar-refractivity contribution in [1.82, 2.24) is 4.90 Å². The molecule has 1 saturated heterocycles. The minimum Gasteiger partial charge on any atom is -0.373 e. The number of hydrogen-bond donors (Lipinski definition) is 1. The Morgan fingerprint density at radius 3 is 2.85 bits per heavy atom. The molecule has 0 bridgehead atoms. The Hall–Kier alpha value is -1.17. The normalized spacial score (nSPS) is 20.2. The van der Waals surface area contributed by atoms with Crippen LogP contribution in [0.1, 0.15) is 22.8 Å². The lowest BCUT2D eigenvalue weighted by Crippen LogP contribution is -2.51. The maximum Gasteiger partial charge on any atom is 0.256 e. The van der Waals surface area contributed by atoms with Gasteiger partial charge in [0.05, 0.1) is 18.3 Å². The molecule has 20 heavy (non-hydrogen) atoms. The number of carbonyl (C=O) groups excluding carboxylic acids is 1. The summed E-state index contributed by atoms with van der Waals surface area (Å²) in [6.45, 7) is 4.94. The van der Waals surface area contributed by atoms with Gasteiger partial charge in [-0.25, -0.2) is 4.39 Å². The van der Waals surface area contributed by atoms with Crippen LogP contribution in [0.15, 0.2) is 18.2 Å². The Morgan fingerprint density at radius 1 is 1.55 bits per heavy atom. The molecule has 2 atom stereocenters. The molecule has 0 spiro atoms. The van der Waals surface area contributed by atoms with Gasteiger partial charge in [0.1, 0.15) is 5.82 Å². The van der Waals surface area contributed by atoms with E-state index in [1.807, 2.05) is 6.92 Å². The van der Waals surface area contributed by atoms with Gasteiger partial charge in [-0.15, -0.1) is 12.4 Å². The van der Waals surface area contributed by atoms with Gasteiger partial charge in [0, 0.05) is 19.1 Å². The molecule has 4 nitrogen and oxygen atoms in total. The highest BCUT2D eigenvalue weighted by molar-refractivity contribution is 5.94. The molecule has 0 saturated carbocycles. The third-order valence-electron chi connectivity index (χ3n) is 3.32. The van der Waals surface area contributed by atoms with Gasteiger partial charge in [-0.1, -0.05) is 6.07 Å². The molecule has 1 aliphatic heterocycles. The Bertz CT molecular complexity index is 482. The van der Waals surface area contributed by atoms with Crippen molar-refractivity contribution in [2.24, 2.45) is 5.73 Å². The standard InChI is InChI=1S/C14H19FN2O2.ClH/c1-9-3-4-11(12(15)7-9)14(18)17-5-6-19-13(8-17)10(2)16;/h3-4,7,10,13H,5-6,8,16H2,1-2H3;1H. The number of morpholine rings is 1. The fraction of sp³-hybridized carbons (Fsp3) is 0.500. The minimum absolute atomic E-state index is 0. The van der Waals surface area contributed by atoms with Crippen molar-refractivity contribution in [3.05, 3.63) is 35.1 Å². The van der Waals surface area contributed by atoms with Crippen LogP contribution in [0.3, 0.4) is 0 Å². The number of nitrogens with two attached hydrogens (primary N) is 1. The molecule has 0 aliphatic carbocycles. The molecular weight excluding hydrogens is 283 g/mol. The molecule has 2 rings (SSSR count). The number of benzene rings is 1. The number of rotatable bonds is 2. The average Bonchev–Trinajstić information content (AvgIpc) is 2.38. The van der Waals surface area contributed by atoms with Crippen LogP contribution < -0.4 is 5.73 Å². The smallest absolute Gasteiger partial charge is 0.256 e. The van der Waals surface area contributed by atoms with Crippen molar-refractivity contribution in [2.45, 2.75) is 26.0 Å². The van der Waals surface area contributed by atoms with Crippen molar-refractivity contribution in [1.29, 1.82) is 0 Å². The first-order chi connectivity index (χ1) is 8.99. The van der Waals surface area contributed by atoms with E-state index in [0.29, 0.717) is 19.7 Å². The zero-order chi connectivity index (χ0) is 14.0. The fourth-order valence-electron chi connectivity index (χ4n) is 2.14. The van der Waals surface area contributed by atoms with Crippen molar-refractivity contribution in [2.75, 3.05) is 19.7 Å². The molecule has 1 heterocycles. The third-order valence-corrected chi connectivity index (χ3v) is 3.32. The molecule has 2 N–H and O–H groups in total. The van der Waals surface area contributed by atoms with E-state index in [0.717, 1.165) is 5.56 Å². The molecule has 1 aromatic carbocycles. The summed E-state index contributed by atoms with van der Waals surface area (Å²) in [5, 5.41) is 0. The van der Waals surface area contributed by atoms with Crippen LogP contribution in [0.5, 0.6) is 0 Å². The lowest BCUT2D eigenvalue weighted by molar-refractivity contribution is -0.0301. The monoisotopic (exact) mass is 302 g/mol. The third kappa shape index (κ3) is 3.69. The molecule has 6 heteroatoms. The van der Waals surface area contributed by atoms with E-state index in [1.54, 1.807) is 17.9 Å². The Kier molecular flexibility index (Phi) is 5.92. The summed E-state index contributed by atoms with van der Waals surface area (Å²) in [7, 11) is 0. The first-order valence-electron chi connectivity index (χ1n) is 6.41. The summed E-state index contributed by atoms with van der Waals surface area (Å²) in [4.78, 5) is 13.9. The molecule has 2 unspecified atom stereocenters. The van der Waals surface area contributed by atoms with Crippen molar-refractivity contribution < 1.29 is 13.9 Å². The first-order valence-corrected chi connectivity index (χ1v) is 6.41. The second kappa shape index (κ2) is 7.02. The van der Waals surface area contributed by atoms with Crippen molar-refractivity contribution in [3.8, 4) is 0 Å². The number of aryl methyl sites for hydroxylation is 1. The molecule has 0 aromatic heterocycles. The lowest BCUT2D eigenvalue weighted by Gasteiger charge is -2.34. The molecule has 1 fully saturated rings. The zero-order valence-corrected chi connectivity index (χ0v) is 12.5. The predicted molar refractivity (Wildman–Crippen MR) is 77.7 cm³/mol. The molecule has 0 radical (unpaired) electrons. The van der Waals surface area contributed by atoms with E-state index in [-0.39, 0.29) is 36.0 Å². The van der Waals surface area contributed by atoms with E-state index < -0.39 is 5.82 Å². The largest absolute Gasteiger partial charge is 0.373 e. The quantitative estimate of drug-likeness (QED) is 0.905. The molecular formula is C14H20ClFN2O2. The van der Waals surface area contributed by atoms with Crippen LogP contribution in [0.2, 0.25) is 0 Å². The zero-order valence-electron chi connectivity index (χ0n) is 11.6. The molecule has 1 aliphatic rings. The highest BCUT2D eigenvalue weighted by atomic mass is 35.5. The SMILES string of the molecule is Cc1ccc(C(=O)N2CCOC(C(C)N)C2)c(F)c1.Cl. The number of carbonyl (C=O) groups is 1. The average molecular weight is 303 g/mol. The lowest BCUT2D eigenvalue weighted by atomic mass is 10.1. The van der Waals surface area contributed by atoms with Gasteiger partial charge in [0.15, 0.2) is 0 Å². The highest BCUT2D eigenvalue weighted by Crippen LogP contribution is 2.16. The number of nitrogens with zero attached hydrogens (tertiary/aromatic N) is 1. The fourth-order valence-corrected chi connectivity index (χ4v) is 2.14. The van der Waals surface area contributed by atoms with Gasteiger partial charge in [-0.05, 0) is 31.5 Å². The van der Waals surface area contributed by atoms with E-state index >= 15 is 0 Å². The maximum atomic E-state index is 13.8. The first kappa shape index (κ1) is 16.9. The molecule has 112 valence electrons. The summed E-state index contributed by atoms with van der Waals surface area (Å²) in [5.74, 6) is -0.778. The van der Waals surface area contributed by atoms with Gasteiger partial charge in [-0.3, -0.25) is 4.79 Å². The van der Waals surface area contributed by atoms with Gasteiger partial charge >= 0.3 is 0 Å². The summed E-state index contributed by atoms with van der Waals surface area (Å²) < 4.78 is 19.3. The van der Waals surface area contributed by atoms with Crippen LogP contribution in [0.4, 0.5) is 4.39 Å². The van der Waals surface area contributed by atoms with Gasteiger partial charge in [0.25, 0.3) is 5.91 Å². The van der Waals surface area contributed by atoms with E-state index in [9.17, 15) is 9.18 Å². The van der Waals surface area contributed by atoms with Crippen LogP contribution in [0, 0.1) is 12.7 Å². The summed E-state index contributed by atoms with van der Waals surface area (Å²) >= 11 is 0. The Balaban J connectivity index is 0.00000200. The maximum absolute atomic E-state index is 13.8. The van der Waals surface area contributed by atoms with Gasteiger partial charge in [0.2, 0.25) is 0 Å². The van der Waals surface area contributed by atoms with Gasteiger partial charge in [-0.2, -0.15) is 0 Å². The number of ether oxygens (including phenoxy) is 1. The topological polar surface area (TPSA) is 55.6 Å². The second-order valence-corrected chi connectivity index (χ2v) is 5.00. The number of hydrogen-bond acceptors (Lipinski definition) is 3. The predicted octanol–water partition coefficient (Wildman–Crippen LogP) is 1.74. The van der Waals surface area contributed by atoms with E-state index in [4.69, 9.17) is 10.5 Å². The van der Waals surface area contributed by atoms with Crippen LogP contribution >= 0.6 is 12.4 Å². The summed E-state index contributed by atoms with van der Waals surface area (Å²) in [6.07, 6.45) is -0.189. The summed E-state index contributed by atoms with van der Waals surface area (Å²) in [5.41, 5.74) is 6.68. The van der Waals surface area contributed by atoms with Crippen LogP contribution in [-0.4, -0.2) is 42.6 Å². The van der Waals surface area contributed by atoms with Crippen molar-refractivity contribution in [3.63, 3.8) is 0 Å². The highest BCUT2D eigenvalue weighted by Gasteiger charge is 2.28. The Morgan fingerprint density at radius 2 is 2.25 bits per heavy atom. The number of amides is 1. The molecule has 1 aromatic rings. The number of halogens is 2. The van der Waals surface area contributed by atoms with Crippen molar-refractivity contribution >= 4 is 18.3 Å².